The molecule has 27 heavy (non-hydrogen) atoms. The zero-order valence-corrected chi connectivity index (χ0v) is 17.0. The highest BCUT2D eigenvalue weighted by atomic mass is 16.5. The molecule has 1 aromatic carbocycles. The van der Waals surface area contributed by atoms with Crippen LogP contribution >= 0.6 is 0 Å². The van der Waals surface area contributed by atoms with Crippen LogP contribution in [0.3, 0.4) is 0 Å². The molecule has 2 N–H and O–H groups in total. The minimum atomic E-state index is -0.0404. The van der Waals surface area contributed by atoms with Crippen LogP contribution in [0.5, 0.6) is 11.5 Å². The molecule has 1 saturated heterocycles. The quantitative estimate of drug-likeness (QED) is 0.651. The van der Waals surface area contributed by atoms with E-state index in [2.05, 4.69) is 29.4 Å². The fraction of sp³-hybridized carbons (Fsp3) is 0.650. The van der Waals surface area contributed by atoms with Gasteiger partial charge in [-0.3, -0.25) is 4.79 Å². The van der Waals surface area contributed by atoms with Crippen LogP contribution in [-0.4, -0.2) is 58.5 Å². The topological polar surface area (TPSA) is 72.1 Å². The Bertz CT molecular complexity index is 601. The van der Waals surface area contributed by atoms with Crippen LogP contribution < -0.4 is 25.0 Å². The molecule has 0 aromatic heterocycles. The number of carbonyl (C=O) groups excluding carboxylic acids is 1. The van der Waals surface area contributed by atoms with Gasteiger partial charge in [-0.2, -0.15) is 0 Å². The molecule has 1 aliphatic heterocycles. The number of hydrogen-bond acceptors (Lipinski definition) is 6. The third kappa shape index (κ3) is 6.50. The monoisotopic (exact) mass is 379 g/mol. The van der Waals surface area contributed by atoms with Crippen molar-refractivity contribution < 1.29 is 19.0 Å². The van der Waals surface area contributed by atoms with Gasteiger partial charge in [0, 0.05) is 31.8 Å². The molecule has 2 rings (SSSR count). The van der Waals surface area contributed by atoms with E-state index in [0.717, 1.165) is 36.0 Å². The molecule has 0 bridgehead atoms. The molecule has 1 amide bonds. The number of anilines is 2. The van der Waals surface area contributed by atoms with Crippen molar-refractivity contribution in [3.05, 3.63) is 12.1 Å². The SMILES string of the molecule is CCOc1cc(N2CCOCC2)c(OCC)cc1NCC(=O)NCC(C)C. The Morgan fingerprint density at radius 1 is 1.15 bits per heavy atom. The number of carbonyl (C=O) groups is 1. The molecule has 0 radical (unpaired) electrons. The molecular formula is C20H33N3O4. The van der Waals surface area contributed by atoms with Crippen molar-refractivity contribution in [1.82, 2.24) is 5.32 Å². The van der Waals surface area contributed by atoms with E-state index in [0.29, 0.717) is 38.9 Å². The Balaban J connectivity index is 2.19. The smallest absolute Gasteiger partial charge is 0.239 e. The van der Waals surface area contributed by atoms with Gasteiger partial charge in [0.15, 0.2) is 0 Å². The summed E-state index contributed by atoms with van der Waals surface area (Å²) in [5.41, 5.74) is 1.76. The van der Waals surface area contributed by atoms with Crippen LogP contribution in [0.25, 0.3) is 0 Å². The lowest BCUT2D eigenvalue weighted by molar-refractivity contribution is -0.119. The van der Waals surface area contributed by atoms with Gasteiger partial charge in [-0.25, -0.2) is 0 Å². The van der Waals surface area contributed by atoms with Gasteiger partial charge < -0.3 is 29.7 Å². The first-order valence-electron chi connectivity index (χ1n) is 9.82. The summed E-state index contributed by atoms with van der Waals surface area (Å²) in [7, 11) is 0. The maximum atomic E-state index is 12.0. The van der Waals surface area contributed by atoms with Gasteiger partial charge in [0.2, 0.25) is 5.91 Å². The molecule has 152 valence electrons. The zero-order valence-electron chi connectivity index (χ0n) is 17.0. The Morgan fingerprint density at radius 2 is 1.81 bits per heavy atom. The number of ether oxygens (including phenoxy) is 3. The number of morpholine rings is 1. The van der Waals surface area contributed by atoms with E-state index in [1.54, 1.807) is 0 Å². The first-order valence-corrected chi connectivity index (χ1v) is 9.82. The molecule has 0 aliphatic carbocycles. The van der Waals surface area contributed by atoms with Gasteiger partial charge in [-0.05, 0) is 19.8 Å². The maximum Gasteiger partial charge on any atom is 0.239 e. The number of rotatable bonds is 10. The zero-order chi connectivity index (χ0) is 19.6. The Hall–Kier alpha value is -2.15. The summed E-state index contributed by atoms with van der Waals surface area (Å²) < 4.78 is 17.2. The van der Waals surface area contributed by atoms with Crippen molar-refractivity contribution in [1.29, 1.82) is 0 Å². The second-order valence-electron chi connectivity index (χ2n) is 6.83. The van der Waals surface area contributed by atoms with Crippen LogP contribution in [0.15, 0.2) is 12.1 Å². The third-order valence-corrected chi connectivity index (χ3v) is 4.16. The molecule has 0 atom stereocenters. The van der Waals surface area contributed by atoms with Gasteiger partial charge in [0.1, 0.15) is 11.5 Å². The average molecular weight is 380 g/mol. The van der Waals surface area contributed by atoms with Crippen molar-refractivity contribution >= 4 is 17.3 Å². The van der Waals surface area contributed by atoms with E-state index < -0.39 is 0 Å². The van der Waals surface area contributed by atoms with Gasteiger partial charge >= 0.3 is 0 Å². The molecule has 1 aromatic rings. The van der Waals surface area contributed by atoms with Gasteiger partial charge in [0.25, 0.3) is 0 Å². The highest BCUT2D eigenvalue weighted by Gasteiger charge is 2.19. The predicted molar refractivity (Wildman–Crippen MR) is 108 cm³/mol. The number of nitrogens with zero attached hydrogens (tertiary/aromatic N) is 1. The third-order valence-electron chi connectivity index (χ3n) is 4.16. The van der Waals surface area contributed by atoms with Gasteiger partial charge in [0.05, 0.1) is 44.3 Å². The predicted octanol–water partition coefficient (Wildman–Crippen LogP) is 2.50. The average Bonchev–Trinajstić information content (AvgIpc) is 2.67. The standard InChI is InChI=1S/C20H33N3O4/c1-5-26-18-12-17(23-7-9-25-10-8-23)19(27-6-2)11-16(18)21-14-20(24)22-13-15(3)4/h11-12,15,21H,5-10,13-14H2,1-4H3,(H,22,24). The summed E-state index contributed by atoms with van der Waals surface area (Å²) in [4.78, 5) is 14.3. The summed E-state index contributed by atoms with van der Waals surface area (Å²) >= 11 is 0. The van der Waals surface area contributed by atoms with E-state index in [-0.39, 0.29) is 12.5 Å². The van der Waals surface area contributed by atoms with Crippen molar-refractivity contribution in [2.75, 3.05) is 62.8 Å². The van der Waals surface area contributed by atoms with Crippen LogP contribution in [0.2, 0.25) is 0 Å². The molecule has 0 unspecified atom stereocenters. The van der Waals surface area contributed by atoms with Crippen LogP contribution in [0.4, 0.5) is 11.4 Å². The molecule has 0 spiro atoms. The lowest BCUT2D eigenvalue weighted by atomic mass is 10.2. The first kappa shape index (κ1) is 21.2. The summed E-state index contributed by atoms with van der Waals surface area (Å²) in [6, 6.07) is 3.92. The second kappa shape index (κ2) is 10.9. The van der Waals surface area contributed by atoms with Crippen molar-refractivity contribution in [3.8, 4) is 11.5 Å². The molecule has 7 heteroatoms. The summed E-state index contributed by atoms with van der Waals surface area (Å²) in [5.74, 6) is 1.89. The maximum absolute atomic E-state index is 12.0. The Morgan fingerprint density at radius 3 is 2.44 bits per heavy atom. The Kier molecular flexibility index (Phi) is 8.51. The summed E-state index contributed by atoms with van der Waals surface area (Å²) in [5, 5.41) is 6.10. The molecule has 1 aliphatic rings. The molecule has 0 saturated carbocycles. The highest BCUT2D eigenvalue weighted by Crippen LogP contribution is 2.39. The normalized spacial score (nSPS) is 14.2. The number of benzene rings is 1. The van der Waals surface area contributed by atoms with E-state index in [1.165, 1.54) is 0 Å². The van der Waals surface area contributed by atoms with Crippen molar-refractivity contribution in [2.24, 2.45) is 5.92 Å². The molecule has 1 heterocycles. The van der Waals surface area contributed by atoms with E-state index in [1.807, 2.05) is 26.0 Å². The fourth-order valence-electron chi connectivity index (χ4n) is 2.84. The molecule has 1 fully saturated rings. The number of amides is 1. The van der Waals surface area contributed by atoms with Crippen LogP contribution in [0, 0.1) is 5.92 Å². The largest absolute Gasteiger partial charge is 0.492 e. The minimum absolute atomic E-state index is 0.0404. The Labute approximate surface area is 162 Å². The second-order valence-corrected chi connectivity index (χ2v) is 6.83. The lowest BCUT2D eigenvalue weighted by Crippen LogP contribution is -2.36. The van der Waals surface area contributed by atoms with Crippen molar-refractivity contribution in [3.63, 3.8) is 0 Å². The van der Waals surface area contributed by atoms with E-state index >= 15 is 0 Å². The minimum Gasteiger partial charge on any atom is -0.492 e. The van der Waals surface area contributed by atoms with E-state index in [9.17, 15) is 4.79 Å². The summed E-state index contributed by atoms with van der Waals surface area (Å²) in [6.45, 7) is 13.1. The number of hydrogen-bond donors (Lipinski definition) is 2. The first-order chi connectivity index (χ1) is 13.0. The highest BCUT2D eigenvalue weighted by molar-refractivity contribution is 5.82. The van der Waals surface area contributed by atoms with Crippen molar-refractivity contribution in [2.45, 2.75) is 27.7 Å². The van der Waals surface area contributed by atoms with E-state index in [4.69, 9.17) is 14.2 Å². The fourth-order valence-corrected chi connectivity index (χ4v) is 2.84. The lowest BCUT2D eigenvalue weighted by Gasteiger charge is -2.31. The molecule has 7 nitrogen and oxygen atoms in total. The van der Waals surface area contributed by atoms with Gasteiger partial charge in [-0.15, -0.1) is 0 Å². The van der Waals surface area contributed by atoms with Gasteiger partial charge in [-0.1, -0.05) is 13.8 Å². The number of nitrogens with one attached hydrogen (secondary N) is 2. The van der Waals surface area contributed by atoms with Crippen LogP contribution in [-0.2, 0) is 9.53 Å². The molecular weight excluding hydrogens is 346 g/mol. The van der Waals surface area contributed by atoms with Crippen LogP contribution in [0.1, 0.15) is 27.7 Å². The summed E-state index contributed by atoms with van der Waals surface area (Å²) in [6.07, 6.45) is 0.